The maximum Gasteiger partial charge on any atom is 0.396 e. The number of alkyl halides is 3. The van der Waals surface area contributed by atoms with Crippen LogP contribution in [0.3, 0.4) is 0 Å². The van der Waals surface area contributed by atoms with Crippen LogP contribution in [0.5, 0.6) is 0 Å². The fourth-order valence-electron chi connectivity index (χ4n) is 4.69. The van der Waals surface area contributed by atoms with E-state index >= 15 is 0 Å². The molecular weight excluding hydrogens is 555 g/mol. The third kappa shape index (κ3) is 6.25. The SMILES string of the molecule is CC(CNC(=O)c1cnc(C#N)nc1N1CC[C@H](S(=O)(=O)C2C=CC=CC2C(F)(F)F)C1)c1ccc(Cl)cc1. The Morgan fingerprint density at radius 3 is 2.62 bits per heavy atom. The topological polar surface area (TPSA) is 116 Å². The molecule has 1 N–H and O–H groups in total. The average molecular weight is 580 g/mol. The van der Waals surface area contributed by atoms with Crippen molar-refractivity contribution in [3.8, 4) is 6.07 Å². The van der Waals surface area contributed by atoms with Gasteiger partial charge in [0.15, 0.2) is 9.84 Å². The van der Waals surface area contributed by atoms with Gasteiger partial charge in [0, 0.05) is 30.9 Å². The summed E-state index contributed by atoms with van der Waals surface area (Å²) < 4.78 is 67.3. The second-order valence-electron chi connectivity index (χ2n) is 9.45. The van der Waals surface area contributed by atoms with Crippen molar-refractivity contribution in [3.63, 3.8) is 0 Å². The summed E-state index contributed by atoms with van der Waals surface area (Å²) in [5, 5.41) is 9.82. The summed E-state index contributed by atoms with van der Waals surface area (Å²) in [7, 11) is -4.26. The molecule has 8 nitrogen and oxygen atoms in total. The quantitative estimate of drug-likeness (QED) is 0.522. The molecule has 2 heterocycles. The van der Waals surface area contributed by atoms with Gasteiger partial charge >= 0.3 is 6.18 Å². The van der Waals surface area contributed by atoms with E-state index in [0.29, 0.717) is 5.02 Å². The highest BCUT2D eigenvalue weighted by Gasteiger charge is 2.50. The third-order valence-corrected chi connectivity index (χ3v) is 9.65. The second-order valence-corrected chi connectivity index (χ2v) is 12.3. The predicted molar refractivity (Wildman–Crippen MR) is 140 cm³/mol. The number of halogens is 4. The molecule has 2 aliphatic rings. The number of anilines is 1. The summed E-state index contributed by atoms with van der Waals surface area (Å²) in [6, 6.07) is 8.99. The highest BCUT2D eigenvalue weighted by atomic mass is 35.5. The molecule has 1 aromatic heterocycles. The van der Waals surface area contributed by atoms with E-state index in [0.717, 1.165) is 17.7 Å². The molecule has 3 unspecified atom stereocenters. The molecule has 206 valence electrons. The van der Waals surface area contributed by atoms with Crippen molar-refractivity contribution in [3.05, 3.63) is 76.7 Å². The Bertz CT molecular complexity index is 1440. The number of nitrogens with one attached hydrogen (secondary N) is 1. The number of aromatic nitrogens is 2. The van der Waals surface area contributed by atoms with Crippen molar-refractivity contribution in [1.29, 1.82) is 5.26 Å². The van der Waals surface area contributed by atoms with Gasteiger partial charge in [-0.25, -0.2) is 18.4 Å². The molecule has 4 rings (SSSR count). The van der Waals surface area contributed by atoms with E-state index in [1.54, 1.807) is 18.2 Å². The Morgan fingerprint density at radius 2 is 1.95 bits per heavy atom. The normalized spacial score (nSPS) is 21.9. The second kappa shape index (κ2) is 11.4. The minimum Gasteiger partial charge on any atom is -0.354 e. The zero-order valence-corrected chi connectivity index (χ0v) is 22.3. The van der Waals surface area contributed by atoms with Crippen molar-refractivity contribution >= 4 is 33.2 Å². The van der Waals surface area contributed by atoms with Crippen molar-refractivity contribution in [2.45, 2.75) is 35.9 Å². The number of nitrogens with zero attached hydrogens (tertiary/aromatic N) is 4. The minimum absolute atomic E-state index is 0.0315. The average Bonchev–Trinajstić information content (AvgIpc) is 3.42. The first-order valence-corrected chi connectivity index (χ1v) is 14.1. The number of carbonyl (C=O) groups is 1. The van der Waals surface area contributed by atoms with Gasteiger partial charge in [0.2, 0.25) is 5.82 Å². The lowest BCUT2D eigenvalue weighted by molar-refractivity contribution is -0.159. The van der Waals surface area contributed by atoms with Gasteiger partial charge in [0.05, 0.1) is 16.4 Å². The lowest BCUT2D eigenvalue weighted by Crippen LogP contribution is -2.43. The molecule has 1 aromatic carbocycles. The fraction of sp³-hybridized carbons (Fsp3) is 0.385. The van der Waals surface area contributed by atoms with E-state index in [9.17, 15) is 31.6 Å². The van der Waals surface area contributed by atoms with Gasteiger partial charge in [-0.05, 0) is 30.0 Å². The molecule has 1 aliphatic carbocycles. The zero-order chi connectivity index (χ0) is 28.4. The number of carbonyl (C=O) groups excluding carboxylic acids is 1. The maximum absolute atomic E-state index is 13.6. The van der Waals surface area contributed by atoms with Crippen LogP contribution in [0.15, 0.2) is 54.8 Å². The first-order valence-electron chi connectivity index (χ1n) is 12.1. The Hall–Kier alpha value is -3.43. The van der Waals surface area contributed by atoms with Crippen LogP contribution in [0.2, 0.25) is 5.02 Å². The molecule has 0 bridgehead atoms. The van der Waals surface area contributed by atoms with Gasteiger partial charge in [0.1, 0.15) is 17.5 Å². The first-order chi connectivity index (χ1) is 18.4. The highest BCUT2D eigenvalue weighted by Crippen LogP contribution is 2.38. The maximum atomic E-state index is 13.6. The van der Waals surface area contributed by atoms with Crippen molar-refractivity contribution < 1.29 is 26.4 Å². The molecule has 39 heavy (non-hydrogen) atoms. The summed E-state index contributed by atoms with van der Waals surface area (Å²) in [6.45, 7) is 2.12. The van der Waals surface area contributed by atoms with Crippen LogP contribution >= 0.6 is 11.6 Å². The van der Waals surface area contributed by atoms with Crippen LogP contribution in [-0.4, -0.2) is 60.6 Å². The first kappa shape index (κ1) is 28.6. The monoisotopic (exact) mass is 579 g/mol. The van der Waals surface area contributed by atoms with Crippen LogP contribution < -0.4 is 10.2 Å². The Labute approximate surface area is 229 Å². The largest absolute Gasteiger partial charge is 0.396 e. The van der Waals surface area contributed by atoms with Crippen molar-refractivity contribution in [2.75, 3.05) is 24.5 Å². The van der Waals surface area contributed by atoms with Gasteiger partial charge in [-0.2, -0.15) is 18.4 Å². The molecule has 1 saturated heterocycles. The molecule has 0 radical (unpaired) electrons. The number of hydrogen-bond acceptors (Lipinski definition) is 7. The van der Waals surface area contributed by atoms with E-state index in [1.165, 1.54) is 23.2 Å². The van der Waals surface area contributed by atoms with Gasteiger partial charge < -0.3 is 10.2 Å². The molecule has 2 aromatic rings. The number of amides is 1. The molecule has 1 fully saturated rings. The Balaban J connectivity index is 1.53. The number of sulfone groups is 1. The summed E-state index contributed by atoms with van der Waals surface area (Å²) in [5.41, 5.74) is 0.983. The highest BCUT2D eigenvalue weighted by molar-refractivity contribution is 7.92. The van der Waals surface area contributed by atoms with Crippen LogP contribution in [-0.2, 0) is 9.84 Å². The van der Waals surface area contributed by atoms with Crippen molar-refractivity contribution in [2.24, 2.45) is 5.92 Å². The van der Waals surface area contributed by atoms with Gasteiger partial charge in [0.25, 0.3) is 5.91 Å². The molecule has 0 spiro atoms. The minimum atomic E-state index is -4.72. The van der Waals surface area contributed by atoms with Crippen molar-refractivity contribution in [1.82, 2.24) is 15.3 Å². The summed E-state index contributed by atoms with van der Waals surface area (Å²) >= 11 is 5.93. The van der Waals surface area contributed by atoms with E-state index < -0.39 is 38.3 Å². The molecule has 13 heteroatoms. The third-order valence-electron chi connectivity index (χ3n) is 6.87. The number of nitriles is 1. The Morgan fingerprint density at radius 1 is 1.26 bits per heavy atom. The number of rotatable bonds is 7. The summed E-state index contributed by atoms with van der Waals surface area (Å²) in [6.07, 6.45) is 0.921. The number of allylic oxidation sites excluding steroid dienone is 3. The van der Waals surface area contributed by atoms with Crippen LogP contribution in [0.1, 0.15) is 41.0 Å². The van der Waals surface area contributed by atoms with E-state index in [4.69, 9.17) is 11.6 Å². The lowest BCUT2D eigenvalue weighted by Gasteiger charge is -2.28. The predicted octanol–water partition coefficient (Wildman–Crippen LogP) is 4.20. The standard InChI is InChI=1S/C26H25ClF3N5O3S/c1-16(17-6-8-18(27)9-7-17)13-33-25(36)20-14-32-23(12-31)34-24(20)35-11-10-19(15-35)39(37,38)22-5-3-2-4-21(22)26(28,29)30/h2-9,14,16,19,21-22H,10-11,13,15H2,1H3,(H,33,36)/t16?,19-,21?,22?/m0/s1. The summed E-state index contributed by atoms with van der Waals surface area (Å²) in [4.78, 5) is 22.7. The molecule has 0 saturated carbocycles. The number of hydrogen-bond donors (Lipinski definition) is 1. The summed E-state index contributed by atoms with van der Waals surface area (Å²) in [5.74, 6) is -2.90. The fourth-order valence-corrected chi connectivity index (χ4v) is 7.04. The van der Waals surface area contributed by atoms with Crippen LogP contribution in [0.25, 0.3) is 0 Å². The molecular formula is C26H25ClF3N5O3S. The molecule has 1 amide bonds. The zero-order valence-electron chi connectivity index (χ0n) is 20.8. The smallest absolute Gasteiger partial charge is 0.354 e. The van der Waals surface area contributed by atoms with E-state index in [-0.39, 0.29) is 49.2 Å². The molecule has 1 aliphatic heterocycles. The van der Waals surface area contributed by atoms with E-state index in [2.05, 4.69) is 15.3 Å². The lowest BCUT2D eigenvalue weighted by atomic mass is 10.00. The number of benzene rings is 1. The van der Waals surface area contributed by atoms with Gasteiger partial charge in [-0.3, -0.25) is 4.79 Å². The van der Waals surface area contributed by atoms with Crippen LogP contribution in [0.4, 0.5) is 19.0 Å². The van der Waals surface area contributed by atoms with Crippen LogP contribution in [0, 0.1) is 17.2 Å². The van der Waals surface area contributed by atoms with E-state index in [1.807, 2.05) is 19.1 Å². The van der Waals surface area contributed by atoms with Gasteiger partial charge in [-0.1, -0.05) is 55.0 Å². The van der Waals surface area contributed by atoms with Gasteiger partial charge in [-0.15, -0.1) is 0 Å². The Kier molecular flexibility index (Phi) is 8.32. The molecule has 4 atom stereocenters.